The summed E-state index contributed by atoms with van der Waals surface area (Å²) in [4.78, 5) is 15.7. The highest BCUT2D eigenvalue weighted by Gasteiger charge is 2.13. The van der Waals surface area contributed by atoms with Gasteiger partial charge < -0.3 is 16.8 Å². The van der Waals surface area contributed by atoms with Crippen molar-refractivity contribution in [2.24, 2.45) is 11.5 Å². The first-order valence-corrected chi connectivity index (χ1v) is 6.23. The lowest BCUT2D eigenvalue weighted by molar-refractivity contribution is 0.1000. The van der Waals surface area contributed by atoms with Crippen LogP contribution in [-0.2, 0) is 0 Å². The van der Waals surface area contributed by atoms with Crippen LogP contribution >= 0.6 is 0 Å². The molecule has 5 nitrogen and oxygen atoms in total. The maximum Gasteiger partial charge on any atom is 0.252 e. The summed E-state index contributed by atoms with van der Waals surface area (Å²) in [6.07, 6.45) is 1.77. The van der Waals surface area contributed by atoms with Crippen LogP contribution in [0, 0.1) is 13.8 Å². The zero-order chi connectivity index (χ0) is 13.7. The monoisotopic (exact) mass is 250 g/mol. The lowest BCUT2D eigenvalue weighted by Gasteiger charge is -2.14. The van der Waals surface area contributed by atoms with Crippen LogP contribution in [0.25, 0.3) is 0 Å². The second-order valence-corrected chi connectivity index (χ2v) is 4.55. The summed E-state index contributed by atoms with van der Waals surface area (Å²) in [5, 5.41) is 3.15. The van der Waals surface area contributed by atoms with Crippen molar-refractivity contribution in [3.05, 3.63) is 22.9 Å². The lowest BCUT2D eigenvalue weighted by Crippen LogP contribution is -2.24. The molecule has 0 saturated heterocycles. The number of hydrogen-bond acceptors (Lipinski definition) is 4. The van der Waals surface area contributed by atoms with Gasteiger partial charge in [0.1, 0.15) is 5.82 Å². The second kappa shape index (κ2) is 6.35. The van der Waals surface area contributed by atoms with Crippen molar-refractivity contribution in [3.63, 3.8) is 0 Å². The van der Waals surface area contributed by atoms with E-state index in [2.05, 4.69) is 17.2 Å². The third-order valence-electron chi connectivity index (χ3n) is 2.92. The van der Waals surface area contributed by atoms with Gasteiger partial charge in [-0.3, -0.25) is 4.79 Å². The first-order valence-electron chi connectivity index (χ1n) is 6.23. The average Bonchev–Trinajstić information content (AvgIpc) is 2.27. The van der Waals surface area contributed by atoms with Crippen LogP contribution in [0.4, 0.5) is 5.82 Å². The van der Waals surface area contributed by atoms with Crippen molar-refractivity contribution >= 4 is 11.7 Å². The summed E-state index contributed by atoms with van der Waals surface area (Å²) in [5.74, 6) is 0.102. The van der Waals surface area contributed by atoms with E-state index >= 15 is 0 Å². The van der Waals surface area contributed by atoms with Gasteiger partial charge in [-0.2, -0.15) is 0 Å². The highest BCUT2D eigenvalue weighted by molar-refractivity contribution is 5.99. The highest BCUT2D eigenvalue weighted by atomic mass is 16.1. The molecule has 1 rings (SSSR count). The molecule has 0 fully saturated rings. The van der Waals surface area contributed by atoms with E-state index in [0.717, 1.165) is 24.1 Å². The highest BCUT2D eigenvalue weighted by Crippen LogP contribution is 2.18. The number of carbonyl (C=O) groups excluding carboxylic acids is 1. The van der Waals surface area contributed by atoms with Crippen LogP contribution in [0.1, 0.15) is 41.4 Å². The van der Waals surface area contributed by atoms with Gasteiger partial charge in [-0.15, -0.1) is 0 Å². The summed E-state index contributed by atoms with van der Waals surface area (Å²) in [5.41, 5.74) is 13.4. The SMILES string of the molecule is CCC(N)CCNc1nc(C)cc(C)c1C(N)=O. The Morgan fingerprint density at radius 1 is 1.50 bits per heavy atom. The van der Waals surface area contributed by atoms with Crippen molar-refractivity contribution in [1.29, 1.82) is 0 Å². The first-order chi connectivity index (χ1) is 8.45. The topological polar surface area (TPSA) is 94.0 Å². The van der Waals surface area contributed by atoms with Crippen molar-refractivity contribution in [3.8, 4) is 0 Å². The fourth-order valence-electron chi connectivity index (χ4n) is 1.86. The van der Waals surface area contributed by atoms with Crippen molar-refractivity contribution in [1.82, 2.24) is 4.98 Å². The van der Waals surface area contributed by atoms with Crippen molar-refractivity contribution in [2.75, 3.05) is 11.9 Å². The van der Waals surface area contributed by atoms with E-state index < -0.39 is 5.91 Å². The fraction of sp³-hybridized carbons (Fsp3) is 0.538. The van der Waals surface area contributed by atoms with Crippen LogP contribution < -0.4 is 16.8 Å². The van der Waals surface area contributed by atoms with Crippen LogP contribution in [0.5, 0.6) is 0 Å². The Bertz CT molecular complexity index is 431. The number of nitrogens with one attached hydrogen (secondary N) is 1. The number of pyridine rings is 1. The van der Waals surface area contributed by atoms with Gasteiger partial charge in [0, 0.05) is 18.3 Å². The van der Waals surface area contributed by atoms with E-state index in [1.807, 2.05) is 19.9 Å². The molecule has 5 heteroatoms. The minimum absolute atomic E-state index is 0.167. The molecule has 0 aromatic carbocycles. The maximum absolute atomic E-state index is 11.4. The van der Waals surface area contributed by atoms with E-state index in [1.165, 1.54) is 0 Å². The van der Waals surface area contributed by atoms with Gasteiger partial charge in [0.05, 0.1) is 5.56 Å². The normalized spacial score (nSPS) is 12.2. The zero-order valence-electron chi connectivity index (χ0n) is 11.3. The minimum Gasteiger partial charge on any atom is -0.369 e. The van der Waals surface area contributed by atoms with E-state index in [1.54, 1.807) is 0 Å². The Morgan fingerprint density at radius 3 is 2.72 bits per heavy atom. The molecule has 1 aromatic rings. The second-order valence-electron chi connectivity index (χ2n) is 4.55. The average molecular weight is 250 g/mol. The Hall–Kier alpha value is -1.62. The smallest absolute Gasteiger partial charge is 0.252 e. The molecule has 1 amide bonds. The van der Waals surface area contributed by atoms with Gasteiger partial charge in [0.25, 0.3) is 5.91 Å². The fourth-order valence-corrected chi connectivity index (χ4v) is 1.86. The van der Waals surface area contributed by atoms with Gasteiger partial charge in [0.2, 0.25) is 0 Å². The Labute approximate surface area is 108 Å². The Morgan fingerprint density at radius 2 is 2.17 bits per heavy atom. The number of anilines is 1. The number of nitrogens with two attached hydrogens (primary N) is 2. The molecule has 0 aliphatic heterocycles. The molecule has 1 unspecified atom stereocenters. The molecule has 0 bridgehead atoms. The van der Waals surface area contributed by atoms with E-state index in [-0.39, 0.29) is 6.04 Å². The number of carbonyl (C=O) groups is 1. The van der Waals surface area contributed by atoms with Crippen molar-refractivity contribution in [2.45, 2.75) is 39.7 Å². The van der Waals surface area contributed by atoms with Crippen LogP contribution in [0.3, 0.4) is 0 Å². The molecular formula is C13H22N4O. The third-order valence-corrected chi connectivity index (χ3v) is 2.92. The zero-order valence-corrected chi connectivity index (χ0v) is 11.3. The van der Waals surface area contributed by atoms with E-state index in [0.29, 0.717) is 17.9 Å². The van der Waals surface area contributed by atoms with Crippen molar-refractivity contribution < 1.29 is 4.79 Å². The molecule has 18 heavy (non-hydrogen) atoms. The number of hydrogen-bond donors (Lipinski definition) is 3. The molecule has 1 aromatic heterocycles. The molecule has 0 aliphatic rings. The summed E-state index contributed by atoms with van der Waals surface area (Å²) in [7, 11) is 0. The largest absolute Gasteiger partial charge is 0.369 e. The van der Waals surface area contributed by atoms with Gasteiger partial charge in [-0.1, -0.05) is 6.92 Å². The third kappa shape index (κ3) is 3.70. The molecule has 0 aliphatic carbocycles. The standard InChI is InChI=1S/C13H22N4O/c1-4-10(14)5-6-16-13-11(12(15)18)8(2)7-9(3)17-13/h7,10H,4-6,14H2,1-3H3,(H2,15,18)(H,16,17). The molecule has 1 heterocycles. The number of aryl methyl sites for hydroxylation is 2. The van der Waals surface area contributed by atoms with Gasteiger partial charge in [0.15, 0.2) is 0 Å². The summed E-state index contributed by atoms with van der Waals surface area (Å²) in [6.45, 7) is 6.48. The molecule has 5 N–H and O–H groups in total. The lowest BCUT2D eigenvalue weighted by atomic mass is 10.1. The Kier molecular flexibility index (Phi) is 5.09. The number of rotatable bonds is 6. The van der Waals surface area contributed by atoms with Gasteiger partial charge >= 0.3 is 0 Å². The van der Waals surface area contributed by atoms with Gasteiger partial charge in [-0.05, 0) is 38.3 Å². The van der Waals surface area contributed by atoms with E-state index in [9.17, 15) is 4.79 Å². The predicted octanol–water partition coefficient (Wildman–Crippen LogP) is 1.34. The van der Waals surface area contributed by atoms with Gasteiger partial charge in [-0.25, -0.2) is 4.98 Å². The molecule has 0 radical (unpaired) electrons. The molecule has 100 valence electrons. The number of nitrogens with zero attached hydrogens (tertiary/aromatic N) is 1. The number of primary amides is 1. The predicted molar refractivity (Wildman–Crippen MR) is 73.6 cm³/mol. The van der Waals surface area contributed by atoms with Crippen LogP contribution in [0.2, 0.25) is 0 Å². The summed E-state index contributed by atoms with van der Waals surface area (Å²) >= 11 is 0. The van der Waals surface area contributed by atoms with Crippen LogP contribution in [0.15, 0.2) is 6.07 Å². The summed E-state index contributed by atoms with van der Waals surface area (Å²) in [6, 6.07) is 2.02. The molecule has 0 spiro atoms. The minimum atomic E-state index is -0.456. The van der Waals surface area contributed by atoms with E-state index in [4.69, 9.17) is 11.5 Å². The van der Waals surface area contributed by atoms with Crippen LogP contribution in [-0.4, -0.2) is 23.5 Å². The number of aromatic nitrogens is 1. The summed E-state index contributed by atoms with van der Waals surface area (Å²) < 4.78 is 0. The molecule has 1 atom stereocenters. The molecule has 0 saturated carbocycles. The number of amides is 1. The first kappa shape index (κ1) is 14.4. The Balaban J connectivity index is 2.83. The maximum atomic E-state index is 11.4. The molecular weight excluding hydrogens is 228 g/mol. The quantitative estimate of drug-likeness (QED) is 0.710.